The summed E-state index contributed by atoms with van der Waals surface area (Å²) in [7, 11) is 0. The van der Waals surface area contributed by atoms with Crippen molar-refractivity contribution in [2.24, 2.45) is 0 Å². The molecule has 0 bridgehead atoms. The second-order valence-corrected chi connectivity index (χ2v) is 5.41. The summed E-state index contributed by atoms with van der Waals surface area (Å²) in [6.45, 7) is 1.80. The molecule has 4 aromatic rings. The zero-order valence-electron chi connectivity index (χ0n) is 12.9. The first-order valence-corrected chi connectivity index (χ1v) is 7.46. The number of rotatable bonds is 3. The van der Waals surface area contributed by atoms with Gasteiger partial charge in [0.25, 0.3) is 5.91 Å². The van der Waals surface area contributed by atoms with E-state index in [9.17, 15) is 4.79 Å². The van der Waals surface area contributed by atoms with Crippen LogP contribution >= 0.6 is 0 Å². The Morgan fingerprint density at radius 1 is 1.12 bits per heavy atom. The average molecular weight is 318 g/mol. The summed E-state index contributed by atoms with van der Waals surface area (Å²) in [5.41, 5.74) is 3.86. The number of aromatic amines is 1. The minimum Gasteiger partial charge on any atom is -0.441 e. The number of hydrogen-bond donors (Lipinski definition) is 2. The highest BCUT2D eigenvalue weighted by Crippen LogP contribution is 2.22. The predicted molar refractivity (Wildman–Crippen MR) is 90.7 cm³/mol. The topological polar surface area (TPSA) is 83.8 Å². The van der Waals surface area contributed by atoms with Gasteiger partial charge in [-0.3, -0.25) is 4.79 Å². The summed E-state index contributed by atoms with van der Waals surface area (Å²) in [6.07, 6.45) is 3.29. The molecule has 118 valence electrons. The van der Waals surface area contributed by atoms with Gasteiger partial charge in [0, 0.05) is 23.7 Å². The van der Waals surface area contributed by atoms with Gasteiger partial charge in [0.05, 0.1) is 23.6 Å². The Kier molecular flexibility index (Phi) is 3.35. The van der Waals surface area contributed by atoms with E-state index in [2.05, 4.69) is 20.3 Å². The first-order valence-electron chi connectivity index (χ1n) is 7.46. The summed E-state index contributed by atoms with van der Waals surface area (Å²) in [6, 6.07) is 12.8. The molecule has 0 aliphatic heterocycles. The fourth-order valence-electron chi connectivity index (χ4n) is 2.49. The fraction of sp³-hybridized carbons (Fsp3) is 0.0556. The molecule has 24 heavy (non-hydrogen) atoms. The molecule has 0 aliphatic carbocycles. The van der Waals surface area contributed by atoms with Gasteiger partial charge >= 0.3 is 0 Å². The zero-order chi connectivity index (χ0) is 16.5. The maximum Gasteiger partial charge on any atom is 0.255 e. The maximum absolute atomic E-state index is 12.4. The van der Waals surface area contributed by atoms with Gasteiger partial charge in [-0.25, -0.2) is 9.97 Å². The van der Waals surface area contributed by atoms with Gasteiger partial charge in [0.1, 0.15) is 0 Å². The van der Waals surface area contributed by atoms with Crippen molar-refractivity contribution < 1.29 is 9.21 Å². The number of carbonyl (C=O) groups excluding carboxylic acids is 1. The number of nitrogens with zero attached hydrogens (tertiary/aromatic N) is 2. The molecule has 2 aromatic carbocycles. The van der Waals surface area contributed by atoms with Gasteiger partial charge in [0.15, 0.2) is 11.7 Å². The fourth-order valence-corrected chi connectivity index (χ4v) is 2.49. The number of fused-ring (bicyclic) bond motifs is 1. The number of aromatic nitrogens is 3. The maximum atomic E-state index is 12.4. The van der Waals surface area contributed by atoms with Gasteiger partial charge in [-0.15, -0.1) is 0 Å². The predicted octanol–water partition coefficient (Wildman–Crippen LogP) is 3.78. The molecule has 2 N–H and O–H groups in total. The lowest BCUT2D eigenvalue weighted by Crippen LogP contribution is -2.11. The third-order valence-electron chi connectivity index (χ3n) is 3.73. The Balaban J connectivity index is 1.53. The van der Waals surface area contributed by atoms with E-state index >= 15 is 0 Å². The Morgan fingerprint density at radius 2 is 1.96 bits per heavy atom. The molecule has 0 spiro atoms. The Bertz CT molecular complexity index is 1010. The first-order chi connectivity index (χ1) is 11.7. The summed E-state index contributed by atoms with van der Waals surface area (Å²) in [5.74, 6) is 1.15. The van der Waals surface area contributed by atoms with E-state index in [1.54, 1.807) is 31.6 Å². The second-order valence-electron chi connectivity index (χ2n) is 5.41. The summed E-state index contributed by atoms with van der Waals surface area (Å²) < 4.78 is 5.49. The number of aryl methyl sites for hydroxylation is 1. The molecule has 0 radical (unpaired) electrons. The minimum absolute atomic E-state index is 0.172. The summed E-state index contributed by atoms with van der Waals surface area (Å²) >= 11 is 0. The van der Waals surface area contributed by atoms with Crippen LogP contribution in [0.1, 0.15) is 16.2 Å². The molecule has 6 nitrogen and oxygen atoms in total. The number of H-pyrrole nitrogens is 1. The largest absolute Gasteiger partial charge is 0.441 e. The van der Waals surface area contributed by atoms with E-state index in [-0.39, 0.29) is 5.91 Å². The van der Waals surface area contributed by atoms with E-state index < -0.39 is 0 Å². The van der Waals surface area contributed by atoms with Crippen molar-refractivity contribution in [3.8, 4) is 11.3 Å². The van der Waals surface area contributed by atoms with Crippen LogP contribution < -0.4 is 5.32 Å². The van der Waals surface area contributed by atoms with Crippen LogP contribution in [0.3, 0.4) is 0 Å². The second kappa shape index (κ2) is 5.66. The van der Waals surface area contributed by atoms with Gasteiger partial charge in [-0.1, -0.05) is 0 Å². The van der Waals surface area contributed by atoms with E-state index in [0.29, 0.717) is 22.9 Å². The lowest BCUT2D eigenvalue weighted by molar-refractivity contribution is 0.102. The van der Waals surface area contributed by atoms with E-state index in [1.807, 2.05) is 30.3 Å². The van der Waals surface area contributed by atoms with Crippen LogP contribution in [-0.2, 0) is 0 Å². The highest BCUT2D eigenvalue weighted by molar-refractivity contribution is 6.05. The van der Waals surface area contributed by atoms with Crippen molar-refractivity contribution in [3.05, 3.63) is 66.4 Å². The van der Waals surface area contributed by atoms with Crippen molar-refractivity contribution in [1.29, 1.82) is 0 Å². The molecule has 0 saturated carbocycles. The smallest absolute Gasteiger partial charge is 0.255 e. The normalized spacial score (nSPS) is 10.9. The van der Waals surface area contributed by atoms with E-state index in [1.165, 1.54) is 0 Å². The molecule has 2 heterocycles. The first kappa shape index (κ1) is 14.2. The monoisotopic (exact) mass is 318 g/mol. The highest BCUT2D eigenvalue weighted by atomic mass is 16.4. The van der Waals surface area contributed by atoms with Crippen molar-refractivity contribution in [1.82, 2.24) is 15.0 Å². The SMILES string of the molecule is Cc1ncc(-c2ccc(NC(=O)c3ccc4nc[nH]c4c3)cc2)o1. The molecule has 4 rings (SSSR count). The Hall–Kier alpha value is -3.41. The molecular formula is C18H14N4O2. The van der Waals surface area contributed by atoms with Crippen molar-refractivity contribution in [2.45, 2.75) is 6.92 Å². The quantitative estimate of drug-likeness (QED) is 0.602. The number of amides is 1. The number of benzene rings is 2. The average Bonchev–Trinajstić information content (AvgIpc) is 3.23. The summed E-state index contributed by atoms with van der Waals surface area (Å²) in [5, 5.41) is 2.88. The molecule has 0 unspecified atom stereocenters. The van der Waals surface area contributed by atoms with Crippen LogP contribution in [0.25, 0.3) is 22.4 Å². The van der Waals surface area contributed by atoms with E-state index in [0.717, 1.165) is 16.6 Å². The number of nitrogens with one attached hydrogen (secondary N) is 2. The molecule has 0 aliphatic rings. The van der Waals surface area contributed by atoms with Crippen molar-refractivity contribution in [2.75, 3.05) is 5.32 Å². The van der Waals surface area contributed by atoms with Crippen LogP contribution in [0, 0.1) is 6.92 Å². The number of oxazole rings is 1. The molecule has 1 amide bonds. The summed E-state index contributed by atoms with van der Waals surface area (Å²) in [4.78, 5) is 23.6. The third-order valence-corrected chi connectivity index (χ3v) is 3.73. The van der Waals surface area contributed by atoms with E-state index in [4.69, 9.17) is 4.42 Å². The zero-order valence-corrected chi connectivity index (χ0v) is 12.9. The van der Waals surface area contributed by atoms with Crippen LogP contribution in [0.15, 0.2) is 59.4 Å². The lowest BCUT2D eigenvalue weighted by Gasteiger charge is -2.06. The highest BCUT2D eigenvalue weighted by Gasteiger charge is 2.09. The van der Waals surface area contributed by atoms with Crippen LogP contribution in [0.2, 0.25) is 0 Å². The van der Waals surface area contributed by atoms with Gasteiger partial charge < -0.3 is 14.7 Å². The lowest BCUT2D eigenvalue weighted by atomic mass is 10.1. The van der Waals surface area contributed by atoms with Crippen LogP contribution in [-0.4, -0.2) is 20.9 Å². The number of hydrogen-bond acceptors (Lipinski definition) is 4. The molecule has 2 aromatic heterocycles. The number of imidazole rings is 1. The molecule has 0 fully saturated rings. The van der Waals surface area contributed by atoms with Crippen molar-refractivity contribution >= 4 is 22.6 Å². The third kappa shape index (κ3) is 2.65. The van der Waals surface area contributed by atoms with Crippen molar-refractivity contribution in [3.63, 3.8) is 0 Å². The number of anilines is 1. The van der Waals surface area contributed by atoms with Gasteiger partial charge in [-0.05, 0) is 42.5 Å². The Labute approximate surface area is 137 Å². The molecule has 0 atom stereocenters. The van der Waals surface area contributed by atoms with Crippen LogP contribution in [0.4, 0.5) is 5.69 Å². The molecular weight excluding hydrogens is 304 g/mol. The molecule has 6 heteroatoms. The standard InChI is InChI=1S/C18H14N4O2/c1-11-19-9-17(24-11)12-2-5-14(6-3-12)22-18(23)13-4-7-15-16(8-13)21-10-20-15/h2-10H,1H3,(H,20,21)(H,22,23). The van der Waals surface area contributed by atoms with Crippen LogP contribution in [0.5, 0.6) is 0 Å². The van der Waals surface area contributed by atoms with Gasteiger partial charge in [-0.2, -0.15) is 0 Å². The minimum atomic E-state index is -0.172. The molecule has 0 saturated heterocycles. The Morgan fingerprint density at radius 3 is 2.71 bits per heavy atom. The van der Waals surface area contributed by atoms with Gasteiger partial charge in [0.2, 0.25) is 0 Å². The number of carbonyl (C=O) groups is 1.